The van der Waals surface area contributed by atoms with Crippen LogP contribution in [-0.2, 0) is 4.79 Å². The summed E-state index contributed by atoms with van der Waals surface area (Å²) in [6.07, 6.45) is 1.65. The molecule has 1 saturated heterocycles. The summed E-state index contributed by atoms with van der Waals surface area (Å²) in [5, 5.41) is 2.54. The highest BCUT2D eigenvalue weighted by atomic mass is 16.2. The fourth-order valence-electron chi connectivity index (χ4n) is 2.45. The van der Waals surface area contributed by atoms with Crippen LogP contribution in [-0.4, -0.2) is 31.4 Å². The van der Waals surface area contributed by atoms with E-state index >= 15 is 0 Å². The second kappa shape index (κ2) is 5.17. The number of hydrogen-bond acceptors (Lipinski definition) is 4. The Bertz CT molecular complexity index is 515. The van der Waals surface area contributed by atoms with Crippen molar-refractivity contribution < 1.29 is 9.59 Å². The number of anilines is 2. The Kier molecular flexibility index (Phi) is 3.59. The van der Waals surface area contributed by atoms with E-state index in [0.29, 0.717) is 11.3 Å². The lowest BCUT2D eigenvalue weighted by Crippen LogP contribution is -2.40. The topological polar surface area (TPSA) is 101 Å². The van der Waals surface area contributed by atoms with Crippen LogP contribution < -0.4 is 21.7 Å². The molecule has 0 saturated carbocycles. The molecule has 2 amide bonds. The van der Waals surface area contributed by atoms with Crippen LogP contribution in [0.2, 0.25) is 0 Å². The smallest absolute Gasteiger partial charge is 0.251 e. The fraction of sp³-hybridized carbons (Fsp3) is 0.385. The number of nitrogens with two attached hydrogens (primary N) is 2. The van der Waals surface area contributed by atoms with Crippen molar-refractivity contribution in [2.45, 2.75) is 18.9 Å². The van der Waals surface area contributed by atoms with Crippen molar-refractivity contribution in [3.8, 4) is 0 Å². The molecule has 1 unspecified atom stereocenters. The van der Waals surface area contributed by atoms with E-state index in [0.717, 1.165) is 25.1 Å². The summed E-state index contributed by atoms with van der Waals surface area (Å²) in [6, 6.07) is 4.76. The van der Waals surface area contributed by atoms with E-state index in [1.807, 2.05) is 4.90 Å². The molecule has 1 heterocycles. The maximum atomic E-state index is 11.5. The van der Waals surface area contributed by atoms with Gasteiger partial charge in [0.2, 0.25) is 5.91 Å². The van der Waals surface area contributed by atoms with Gasteiger partial charge in [-0.15, -0.1) is 0 Å². The third kappa shape index (κ3) is 2.47. The molecule has 19 heavy (non-hydrogen) atoms. The van der Waals surface area contributed by atoms with Gasteiger partial charge in [0.25, 0.3) is 5.91 Å². The first-order chi connectivity index (χ1) is 9.04. The maximum absolute atomic E-state index is 11.5. The van der Waals surface area contributed by atoms with E-state index in [2.05, 4.69) is 5.32 Å². The largest absolute Gasteiger partial charge is 0.397 e. The zero-order valence-electron chi connectivity index (χ0n) is 10.8. The van der Waals surface area contributed by atoms with Crippen LogP contribution in [0.3, 0.4) is 0 Å². The number of amides is 2. The molecule has 1 aliphatic rings. The van der Waals surface area contributed by atoms with Gasteiger partial charge in [0.1, 0.15) is 6.04 Å². The summed E-state index contributed by atoms with van der Waals surface area (Å²) >= 11 is 0. The van der Waals surface area contributed by atoms with Gasteiger partial charge in [0.05, 0.1) is 11.4 Å². The van der Waals surface area contributed by atoms with E-state index in [-0.39, 0.29) is 17.9 Å². The summed E-state index contributed by atoms with van der Waals surface area (Å²) < 4.78 is 0. The minimum Gasteiger partial charge on any atom is -0.397 e. The van der Waals surface area contributed by atoms with Crippen LogP contribution in [0, 0.1) is 0 Å². The number of benzene rings is 1. The molecule has 1 fully saturated rings. The van der Waals surface area contributed by atoms with Gasteiger partial charge in [0.15, 0.2) is 0 Å². The highest BCUT2D eigenvalue weighted by Gasteiger charge is 2.30. The van der Waals surface area contributed by atoms with E-state index in [1.54, 1.807) is 25.2 Å². The molecular formula is C13H18N4O2. The minimum atomic E-state index is -0.340. The van der Waals surface area contributed by atoms with Crippen LogP contribution in [0.25, 0.3) is 0 Å². The van der Waals surface area contributed by atoms with Gasteiger partial charge in [-0.1, -0.05) is 0 Å². The van der Waals surface area contributed by atoms with Crippen LogP contribution in [0.5, 0.6) is 0 Å². The molecule has 1 aromatic carbocycles. The Balaban J connectivity index is 2.31. The predicted molar refractivity (Wildman–Crippen MR) is 73.8 cm³/mol. The number of nitrogens with one attached hydrogen (secondary N) is 1. The lowest BCUT2D eigenvalue weighted by Gasteiger charge is -2.26. The van der Waals surface area contributed by atoms with Gasteiger partial charge in [-0.3, -0.25) is 9.59 Å². The molecule has 6 heteroatoms. The monoisotopic (exact) mass is 262 g/mol. The normalized spacial score (nSPS) is 18.4. The van der Waals surface area contributed by atoms with Crippen molar-refractivity contribution in [2.24, 2.45) is 5.73 Å². The quantitative estimate of drug-likeness (QED) is 0.671. The molecule has 2 rings (SSSR count). The van der Waals surface area contributed by atoms with Crippen molar-refractivity contribution in [2.75, 3.05) is 24.2 Å². The fourth-order valence-corrected chi connectivity index (χ4v) is 2.45. The lowest BCUT2D eigenvalue weighted by atomic mass is 10.1. The molecule has 102 valence electrons. The maximum Gasteiger partial charge on any atom is 0.251 e. The zero-order valence-corrected chi connectivity index (χ0v) is 10.8. The number of hydrogen-bond donors (Lipinski definition) is 3. The van der Waals surface area contributed by atoms with Crippen LogP contribution in [0.15, 0.2) is 18.2 Å². The van der Waals surface area contributed by atoms with Crippen LogP contribution >= 0.6 is 0 Å². The third-order valence-corrected chi connectivity index (χ3v) is 3.41. The number of nitrogens with zero attached hydrogens (tertiary/aromatic N) is 1. The second-order valence-corrected chi connectivity index (χ2v) is 4.61. The molecule has 0 spiro atoms. The average Bonchev–Trinajstić information content (AvgIpc) is 2.86. The number of nitrogen functional groups attached to an aromatic ring is 1. The van der Waals surface area contributed by atoms with E-state index in [9.17, 15) is 9.59 Å². The average molecular weight is 262 g/mol. The predicted octanol–water partition coefficient (Wildman–Crippen LogP) is 0.0825. The Morgan fingerprint density at radius 1 is 1.42 bits per heavy atom. The van der Waals surface area contributed by atoms with Crippen molar-refractivity contribution in [3.63, 3.8) is 0 Å². The first kappa shape index (κ1) is 13.2. The molecule has 5 N–H and O–H groups in total. The van der Waals surface area contributed by atoms with Gasteiger partial charge >= 0.3 is 0 Å². The number of carbonyl (C=O) groups excluding carboxylic acids is 2. The Hall–Kier alpha value is -2.24. The van der Waals surface area contributed by atoms with Gasteiger partial charge < -0.3 is 21.7 Å². The standard InChI is InChI=1S/C13H18N4O2/c1-16-13(19)8-4-5-10(9(14)7-8)17-6-2-3-11(17)12(15)18/h4-5,7,11H,2-3,6,14H2,1H3,(H2,15,18)(H,16,19). The summed E-state index contributed by atoms with van der Waals surface area (Å²) in [5.41, 5.74) is 13.1. The molecule has 0 bridgehead atoms. The molecule has 0 radical (unpaired) electrons. The SMILES string of the molecule is CNC(=O)c1ccc(N2CCCC2C(N)=O)c(N)c1. The van der Waals surface area contributed by atoms with Gasteiger partial charge in [0, 0.05) is 19.2 Å². The molecule has 1 aromatic rings. The highest BCUT2D eigenvalue weighted by molar-refractivity contribution is 5.96. The Morgan fingerprint density at radius 2 is 2.16 bits per heavy atom. The van der Waals surface area contributed by atoms with E-state index < -0.39 is 0 Å². The van der Waals surface area contributed by atoms with Crippen molar-refractivity contribution in [3.05, 3.63) is 23.8 Å². The highest BCUT2D eigenvalue weighted by Crippen LogP contribution is 2.31. The van der Waals surface area contributed by atoms with E-state index in [4.69, 9.17) is 11.5 Å². The second-order valence-electron chi connectivity index (χ2n) is 4.61. The summed E-state index contributed by atoms with van der Waals surface area (Å²) in [6.45, 7) is 0.747. The lowest BCUT2D eigenvalue weighted by molar-refractivity contribution is -0.119. The minimum absolute atomic E-state index is 0.189. The molecular weight excluding hydrogens is 244 g/mol. The zero-order chi connectivity index (χ0) is 14.0. The summed E-state index contributed by atoms with van der Waals surface area (Å²) in [5.74, 6) is -0.529. The molecule has 1 atom stereocenters. The van der Waals surface area contributed by atoms with E-state index in [1.165, 1.54) is 0 Å². The van der Waals surface area contributed by atoms with Crippen molar-refractivity contribution >= 4 is 23.2 Å². The third-order valence-electron chi connectivity index (χ3n) is 3.41. The number of rotatable bonds is 3. The van der Waals surface area contributed by atoms with Gasteiger partial charge in [-0.25, -0.2) is 0 Å². The number of primary amides is 1. The van der Waals surface area contributed by atoms with Gasteiger partial charge in [-0.05, 0) is 31.0 Å². The van der Waals surface area contributed by atoms with Crippen molar-refractivity contribution in [1.29, 1.82) is 0 Å². The first-order valence-corrected chi connectivity index (χ1v) is 6.22. The van der Waals surface area contributed by atoms with Crippen LogP contribution in [0.4, 0.5) is 11.4 Å². The van der Waals surface area contributed by atoms with Crippen molar-refractivity contribution in [1.82, 2.24) is 5.32 Å². The first-order valence-electron chi connectivity index (χ1n) is 6.22. The Labute approximate surface area is 111 Å². The molecule has 0 aliphatic carbocycles. The summed E-state index contributed by atoms with van der Waals surface area (Å²) in [4.78, 5) is 24.8. The molecule has 6 nitrogen and oxygen atoms in total. The molecule has 1 aliphatic heterocycles. The summed E-state index contributed by atoms with van der Waals surface area (Å²) in [7, 11) is 1.57. The van der Waals surface area contributed by atoms with Gasteiger partial charge in [-0.2, -0.15) is 0 Å². The Morgan fingerprint density at radius 3 is 2.74 bits per heavy atom. The van der Waals surface area contributed by atoms with Crippen LogP contribution in [0.1, 0.15) is 23.2 Å². The number of carbonyl (C=O) groups is 2. The molecule has 0 aromatic heterocycles.